The Morgan fingerprint density at radius 2 is 2.33 bits per heavy atom. The summed E-state index contributed by atoms with van der Waals surface area (Å²) >= 11 is 0. The quantitative estimate of drug-likeness (QED) is 0.470. The molecule has 1 fully saturated rings. The van der Waals surface area contributed by atoms with Crippen LogP contribution in [0, 0.1) is 0 Å². The highest BCUT2D eigenvalue weighted by Crippen LogP contribution is 2.16. The van der Waals surface area contributed by atoms with Gasteiger partial charge >= 0.3 is 0 Å². The van der Waals surface area contributed by atoms with E-state index < -0.39 is 0 Å². The molecule has 0 spiro atoms. The van der Waals surface area contributed by atoms with Crippen molar-refractivity contribution in [1.82, 2.24) is 0 Å². The molecule has 0 aromatic rings. The molecule has 0 aromatic heterocycles. The van der Waals surface area contributed by atoms with E-state index in [0.29, 0.717) is 6.61 Å². The summed E-state index contributed by atoms with van der Waals surface area (Å²) in [6.45, 7) is 0.452. The lowest BCUT2D eigenvalue weighted by Gasteiger charge is -2.08. The van der Waals surface area contributed by atoms with E-state index in [9.17, 15) is 0 Å². The maximum Gasteiger partial charge on any atom is 0.282 e. The molecule has 1 heterocycles. The zero-order valence-electron chi connectivity index (χ0n) is 5.25. The molecule has 46 valence electrons. The van der Waals surface area contributed by atoms with Gasteiger partial charge < -0.3 is 9.39 Å². The fourth-order valence-electron chi connectivity index (χ4n) is 0.963. The SMILES string of the molecule is [B]OC[C@@H]1CC[C@H]([B])O1. The van der Waals surface area contributed by atoms with Crippen LogP contribution in [0.4, 0.5) is 0 Å². The van der Waals surface area contributed by atoms with Gasteiger partial charge in [-0.15, -0.1) is 0 Å². The molecule has 0 aromatic carbocycles. The maximum atomic E-state index is 5.44. The van der Waals surface area contributed by atoms with Crippen molar-refractivity contribution in [1.29, 1.82) is 0 Å². The smallest absolute Gasteiger partial charge is 0.282 e. The number of rotatable bonds is 2. The highest BCUT2D eigenvalue weighted by molar-refractivity contribution is 6.11. The second-order valence-electron chi connectivity index (χ2n) is 2.21. The molecule has 1 rings (SSSR count). The zero-order valence-corrected chi connectivity index (χ0v) is 5.25. The Labute approximate surface area is 57.8 Å². The van der Waals surface area contributed by atoms with Gasteiger partial charge in [-0.25, -0.2) is 0 Å². The average Bonchev–Trinajstić information content (AvgIpc) is 2.17. The van der Waals surface area contributed by atoms with Gasteiger partial charge in [0.05, 0.1) is 12.7 Å². The second kappa shape index (κ2) is 3.28. The van der Waals surface area contributed by atoms with Crippen molar-refractivity contribution in [2.45, 2.75) is 24.9 Å². The average molecular weight is 122 g/mol. The number of ether oxygens (including phenoxy) is 1. The van der Waals surface area contributed by atoms with Crippen molar-refractivity contribution in [3.05, 3.63) is 0 Å². The first-order valence-electron chi connectivity index (χ1n) is 3.05. The summed E-state index contributed by atoms with van der Waals surface area (Å²) in [5, 5.41) is 0. The Kier molecular flexibility index (Phi) is 2.61. The van der Waals surface area contributed by atoms with Crippen LogP contribution in [0.3, 0.4) is 0 Å². The third-order valence-corrected chi connectivity index (χ3v) is 1.42. The molecule has 9 heavy (non-hydrogen) atoms. The molecule has 0 amide bonds. The normalized spacial score (nSPS) is 35.1. The third-order valence-electron chi connectivity index (χ3n) is 1.42. The van der Waals surface area contributed by atoms with Crippen LogP contribution in [0.1, 0.15) is 12.8 Å². The predicted octanol–water partition coefficient (Wildman–Crippen LogP) is -0.240. The summed E-state index contributed by atoms with van der Waals surface area (Å²) in [6.07, 6.45) is 1.98. The van der Waals surface area contributed by atoms with Crippen molar-refractivity contribution >= 4 is 15.9 Å². The Bertz CT molecular complexity index is 87.0. The molecule has 0 saturated carbocycles. The minimum Gasteiger partial charge on any atom is -0.445 e. The van der Waals surface area contributed by atoms with E-state index in [4.69, 9.17) is 20.6 Å². The maximum absolute atomic E-state index is 5.44. The van der Waals surface area contributed by atoms with E-state index in [2.05, 4.69) is 4.65 Å². The van der Waals surface area contributed by atoms with Gasteiger partial charge in [-0.3, -0.25) is 0 Å². The summed E-state index contributed by atoms with van der Waals surface area (Å²) in [6, 6.07) is -0.106. The van der Waals surface area contributed by atoms with Gasteiger partial charge in [0.15, 0.2) is 0 Å². The van der Waals surface area contributed by atoms with Crippen LogP contribution in [-0.2, 0) is 9.39 Å². The zero-order chi connectivity index (χ0) is 6.69. The summed E-state index contributed by atoms with van der Waals surface area (Å²) in [5.74, 6) is 0. The van der Waals surface area contributed by atoms with Crippen molar-refractivity contribution in [2.75, 3.05) is 6.61 Å². The Morgan fingerprint density at radius 3 is 2.78 bits per heavy atom. The van der Waals surface area contributed by atoms with E-state index in [1.807, 2.05) is 0 Å². The molecule has 0 aliphatic carbocycles. The van der Waals surface area contributed by atoms with Gasteiger partial charge in [-0.05, 0) is 12.8 Å². The lowest BCUT2D eigenvalue weighted by atomic mass is 9.97. The molecule has 0 unspecified atom stereocenters. The largest absolute Gasteiger partial charge is 0.445 e. The first-order valence-corrected chi connectivity index (χ1v) is 3.05. The molecule has 2 atom stereocenters. The van der Waals surface area contributed by atoms with Crippen LogP contribution < -0.4 is 0 Å². The molecule has 1 aliphatic heterocycles. The van der Waals surface area contributed by atoms with Gasteiger partial charge in [0.25, 0.3) is 8.05 Å². The van der Waals surface area contributed by atoms with Gasteiger partial charge in [-0.1, -0.05) is 0 Å². The van der Waals surface area contributed by atoms with Crippen LogP contribution in [0.15, 0.2) is 0 Å². The molecule has 2 nitrogen and oxygen atoms in total. The highest BCUT2D eigenvalue weighted by Gasteiger charge is 2.20. The molecule has 4 radical (unpaired) electrons. The molecular weight excluding hydrogens is 114 g/mol. The molecule has 4 heteroatoms. The Morgan fingerprint density at radius 1 is 1.56 bits per heavy atom. The summed E-state index contributed by atoms with van der Waals surface area (Å²) in [7, 11) is 10.3. The molecule has 0 N–H and O–H groups in total. The van der Waals surface area contributed by atoms with Crippen LogP contribution in [0.2, 0.25) is 0 Å². The monoisotopic (exact) mass is 122 g/mol. The molecule has 0 bridgehead atoms. The van der Waals surface area contributed by atoms with Gasteiger partial charge in [0.1, 0.15) is 7.85 Å². The third kappa shape index (κ3) is 2.03. The highest BCUT2D eigenvalue weighted by atomic mass is 16.5. The topological polar surface area (TPSA) is 18.5 Å². The van der Waals surface area contributed by atoms with Gasteiger partial charge in [-0.2, -0.15) is 0 Å². The van der Waals surface area contributed by atoms with Crippen molar-refractivity contribution in [3.63, 3.8) is 0 Å². The van der Waals surface area contributed by atoms with E-state index in [1.54, 1.807) is 0 Å². The minimum atomic E-state index is -0.106. The van der Waals surface area contributed by atoms with E-state index in [1.165, 1.54) is 0 Å². The molecule has 1 aliphatic rings. The minimum absolute atomic E-state index is 0.106. The fourth-order valence-corrected chi connectivity index (χ4v) is 0.963. The number of hydrogen-bond acceptors (Lipinski definition) is 2. The predicted molar refractivity (Wildman–Crippen MR) is 35.4 cm³/mol. The van der Waals surface area contributed by atoms with Crippen molar-refractivity contribution < 1.29 is 9.39 Å². The molecular formula is C5H8B2O2. The summed E-state index contributed by atoms with van der Waals surface area (Å²) < 4.78 is 9.57. The Hall–Kier alpha value is 0.0499. The van der Waals surface area contributed by atoms with E-state index >= 15 is 0 Å². The van der Waals surface area contributed by atoms with Gasteiger partial charge in [0, 0.05) is 6.00 Å². The van der Waals surface area contributed by atoms with Crippen LogP contribution >= 0.6 is 0 Å². The van der Waals surface area contributed by atoms with Crippen LogP contribution in [0.25, 0.3) is 0 Å². The standard InChI is InChI=1S/C5H8B2O2/c6-5-2-1-4(9-5)3-8-7/h4-5H,1-3H2/t4-,5+/m0/s1. The lowest BCUT2D eigenvalue weighted by Crippen LogP contribution is -2.15. The van der Waals surface area contributed by atoms with Crippen molar-refractivity contribution in [3.8, 4) is 0 Å². The first-order chi connectivity index (χ1) is 4.33. The fraction of sp³-hybridized carbons (Fsp3) is 1.00. The second-order valence-corrected chi connectivity index (χ2v) is 2.21. The first kappa shape index (κ1) is 7.16. The van der Waals surface area contributed by atoms with E-state index in [-0.39, 0.29) is 12.1 Å². The van der Waals surface area contributed by atoms with E-state index in [0.717, 1.165) is 12.8 Å². The van der Waals surface area contributed by atoms with Crippen molar-refractivity contribution in [2.24, 2.45) is 0 Å². The van der Waals surface area contributed by atoms with Gasteiger partial charge in [0.2, 0.25) is 0 Å². The lowest BCUT2D eigenvalue weighted by molar-refractivity contribution is 0.0538. The Balaban J connectivity index is 2.14. The number of hydrogen-bond donors (Lipinski definition) is 0. The summed E-state index contributed by atoms with van der Waals surface area (Å²) in [5.41, 5.74) is 0. The summed E-state index contributed by atoms with van der Waals surface area (Å²) in [4.78, 5) is 0. The van der Waals surface area contributed by atoms with Crippen LogP contribution in [-0.4, -0.2) is 34.6 Å². The molecule has 1 saturated heterocycles. The van der Waals surface area contributed by atoms with Crippen LogP contribution in [0.5, 0.6) is 0 Å².